The number of amides is 1. The highest BCUT2D eigenvalue weighted by atomic mass is 16.2. The first-order valence-electron chi connectivity index (χ1n) is 4.38. The number of unbranched alkanes of at least 4 members (excludes halogenated alkanes) is 1. The zero-order chi connectivity index (χ0) is 8.97. The largest absolute Gasteiger partial charge is 0.342 e. The number of nitrogens with zero attached hydrogens (tertiary/aromatic N) is 2. The first-order chi connectivity index (χ1) is 5.74. The maximum Gasteiger partial charge on any atom is 0.222 e. The molecule has 66 valence electrons. The Kier molecular flexibility index (Phi) is 3.09. The second kappa shape index (κ2) is 4.10. The summed E-state index contributed by atoms with van der Waals surface area (Å²) >= 11 is 0. The highest BCUT2D eigenvalue weighted by Gasteiger charge is 2.25. The third kappa shape index (κ3) is 2.23. The van der Waals surface area contributed by atoms with Crippen LogP contribution in [0, 0.1) is 17.2 Å². The fourth-order valence-electron chi connectivity index (χ4n) is 1.53. The van der Waals surface area contributed by atoms with Gasteiger partial charge in [0.05, 0.1) is 6.07 Å². The average molecular weight is 166 g/mol. The smallest absolute Gasteiger partial charge is 0.222 e. The molecule has 0 bridgehead atoms. The molecule has 1 heterocycles. The molecule has 1 aliphatic rings. The van der Waals surface area contributed by atoms with E-state index in [1.54, 1.807) is 0 Å². The van der Waals surface area contributed by atoms with E-state index in [-0.39, 0.29) is 5.91 Å². The molecule has 1 aliphatic heterocycles. The standard InChI is InChI=1S/C9H14N2O/c1-8-6-9(12)11(7-8)5-3-2-4-10/h8H,2-3,5-7H2,1H3. The van der Waals surface area contributed by atoms with Crippen LogP contribution in [0.25, 0.3) is 0 Å². The van der Waals surface area contributed by atoms with Crippen molar-refractivity contribution in [1.29, 1.82) is 5.26 Å². The number of hydrogen-bond acceptors (Lipinski definition) is 2. The van der Waals surface area contributed by atoms with Gasteiger partial charge in [-0.2, -0.15) is 5.26 Å². The summed E-state index contributed by atoms with van der Waals surface area (Å²) in [5, 5.41) is 8.30. The minimum Gasteiger partial charge on any atom is -0.342 e. The Hall–Kier alpha value is -1.04. The van der Waals surface area contributed by atoms with Crippen molar-refractivity contribution >= 4 is 5.91 Å². The zero-order valence-electron chi connectivity index (χ0n) is 7.42. The molecule has 1 saturated heterocycles. The molecule has 0 saturated carbocycles. The van der Waals surface area contributed by atoms with Crippen LogP contribution in [0.5, 0.6) is 0 Å². The lowest BCUT2D eigenvalue weighted by atomic mass is 10.2. The van der Waals surface area contributed by atoms with E-state index < -0.39 is 0 Å². The first-order valence-corrected chi connectivity index (χ1v) is 4.38. The van der Waals surface area contributed by atoms with E-state index in [2.05, 4.69) is 13.0 Å². The number of rotatable bonds is 3. The monoisotopic (exact) mass is 166 g/mol. The van der Waals surface area contributed by atoms with Crippen molar-refractivity contribution in [3.63, 3.8) is 0 Å². The van der Waals surface area contributed by atoms with Crippen molar-refractivity contribution in [2.75, 3.05) is 13.1 Å². The highest BCUT2D eigenvalue weighted by molar-refractivity contribution is 5.78. The minimum atomic E-state index is 0.250. The van der Waals surface area contributed by atoms with Gasteiger partial charge in [-0.25, -0.2) is 0 Å². The van der Waals surface area contributed by atoms with Gasteiger partial charge in [0.15, 0.2) is 0 Å². The summed E-state index contributed by atoms with van der Waals surface area (Å²) in [6.45, 7) is 3.73. The van der Waals surface area contributed by atoms with Gasteiger partial charge in [-0.3, -0.25) is 4.79 Å². The topological polar surface area (TPSA) is 44.1 Å². The average Bonchev–Trinajstić information content (AvgIpc) is 2.31. The minimum absolute atomic E-state index is 0.250. The Morgan fingerprint density at radius 2 is 2.50 bits per heavy atom. The molecule has 3 heteroatoms. The van der Waals surface area contributed by atoms with E-state index in [0.29, 0.717) is 18.8 Å². The van der Waals surface area contributed by atoms with Gasteiger partial charge >= 0.3 is 0 Å². The fraction of sp³-hybridized carbons (Fsp3) is 0.778. The van der Waals surface area contributed by atoms with Crippen molar-refractivity contribution in [3.8, 4) is 6.07 Å². The molecule has 0 radical (unpaired) electrons. The number of nitriles is 1. The fourth-order valence-corrected chi connectivity index (χ4v) is 1.53. The molecule has 0 N–H and O–H groups in total. The van der Waals surface area contributed by atoms with Crippen LogP contribution in [0.4, 0.5) is 0 Å². The summed E-state index contributed by atoms with van der Waals surface area (Å²) in [4.78, 5) is 13.1. The third-order valence-electron chi connectivity index (χ3n) is 2.12. The number of carbonyl (C=O) groups excluding carboxylic acids is 1. The molecule has 1 rings (SSSR count). The third-order valence-corrected chi connectivity index (χ3v) is 2.12. The predicted octanol–water partition coefficient (Wildman–Crippen LogP) is 1.16. The molecule has 12 heavy (non-hydrogen) atoms. The lowest BCUT2D eigenvalue weighted by molar-refractivity contribution is -0.127. The second-order valence-corrected chi connectivity index (χ2v) is 3.41. The Bertz CT molecular complexity index is 207. The summed E-state index contributed by atoms with van der Waals surface area (Å²) in [7, 11) is 0. The van der Waals surface area contributed by atoms with Gasteiger partial charge in [-0.05, 0) is 12.3 Å². The van der Waals surface area contributed by atoms with Gasteiger partial charge < -0.3 is 4.90 Å². The van der Waals surface area contributed by atoms with Crippen LogP contribution in [-0.2, 0) is 4.79 Å². The van der Waals surface area contributed by atoms with E-state index in [0.717, 1.165) is 19.5 Å². The molecule has 0 aromatic rings. The van der Waals surface area contributed by atoms with Crippen LogP contribution in [0.3, 0.4) is 0 Å². The lowest BCUT2D eigenvalue weighted by Crippen LogP contribution is -2.25. The van der Waals surface area contributed by atoms with Crippen LogP contribution >= 0.6 is 0 Å². The summed E-state index contributed by atoms with van der Waals surface area (Å²) in [5.74, 6) is 0.750. The van der Waals surface area contributed by atoms with Gasteiger partial charge in [0.2, 0.25) is 5.91 Å². The van der Waals surface area contributed by atoms with Crippen LogP contribution in [0.2, 0.25) is 0 Å². The molecule has 0 aromatic carbocycles. The molecule has 1 fully saturated rings. The Morgan fingerprint density at radius 3 is 3.00 bits per heavy atom. The van der Waals surface area contributed by atoms with Gasteiger partial charge in [-0.15, -0.1) is 0 Å². The molecular formula is C9H14N2O. The van der Waals surface area contributed by atoms with Crippen molar-refractivity contribution < 1.29 is 4.79 Å². The molecule has 1 unspecified atom stereocenters. The molecular weight excluding hydrogens is 152 g/mol. The van der Waals surface area contributed by atoms with Crippen LogP contribution in [0.1, 0.15) is 26.2 Å². The van der Waals surface area contributed by atoms with Crippen LogP contribution in [0.15, 0.2) is 0 Å². The van der Waals surface area contributed by atoms with Crippen LogP contribution < -0.4 is 0 Å². The van der Waals surface area contributed by atoms with Crippen molar-refractivity contribution in [1.82, 2.24) is 4.90 Å². The zero-order valence-corrected chi connectivity index (χ0v) is 7.42. The summed E-state index contributed by atoms with van der Waals surface area (Å²) in [6.07, 6.45) is 2.06. The van der Waals surface area contributed by atoms with Gasteiger partial charge in [0.1, 0.15) is 0 Å². The summed E-state index contributed by atoms with van der Waals surface area (Å²) < 4.78 is 0. The van der Waals surface area contributed by atoms with E-state index in [1.165, 1.54) is 0 Å². The Labute approximate surface area is 73.0 Å². The molecule has 0 aliphatic carbocycles. The van der Waals surface area contributed by atoms with Gasteiger partial charge in [-0.1, -0.05) is 6.92 Å². The highest BCUT2D eigenvalue weighted by Crippen LogP contribution is 2.16. The maximum atomic E-state index is 11.2. The first kappa shape index (κ1) is 9.05. The van der Waals surface area contributed by atoms with E-state index in [4.69, 9.17) is 5.26 Å². The summed E-state index contributed by atoms with van der Waals surface area (Å²) in [5.41, 5.74) is 0. The molecule has 0 aromatic heterocycles. The molecule has 3 nitrogen and oxygen atoms in total. The van der Waals surface area contributed by atoms with Crippen molar-refractivity contribution in [3.05, 3.63) is 0 Å². The number of hydrogen-bond donors (Lipinski definition) is 0. The summed E-state index contributed by atoms with van der Waals surface area (Å²) in [6, 6.07) is 2.08. The Balaban J connectivity index is 2.25. The predicted molar refractivity (Wildman–Crippen MR) is 45.2 cm³/mol. The van der Waals surface area contributed by atoms with Gasteiger partial charge in [0, 0.05) is 25.9 Å². The van der Waals surface area contributed by atoms with Gasteiger partial charge in [0.25, 0.3) is 0 Å². The molecule has 1 amide bonds. The Morgan fingerprint density at radius 1 is 1.75 bits per heavy atom. The second-order valence-electron chi connectivity index (χ2n) is 3.41. The maximum absolute atomic E-state index is 11.2. The number of likely N-dealkylation sites (tertiary alicyclic amines) is 1. The molecule has 0 spiro atoms. The quantitative estimate of drug-likeness (QED) is 0.590. The van der Waals surface area contributed by atoms with E-state index in [9.17, 15) is 4.79 Å². The van der Waals surface area contributed by atoms with E-state index >= 15 is 0 Å². The molecule has 1 atom stereocenters. The van der Waals surface area contributed by atoms with Crippen LogP contribution in [-0.4, -0.2) is 23.9 Å². The SMILES string of the molecule is CC1CC(=O)N(CCCC#N)C1. The normalized spacial score (nSPS) is 22.8. The van der Waals surface area contributed by atoms with E-state index in [1.807, 2.05) is 4.90 Å². The lowest BCUT2D eigenvalue weighted by Gasteiger charge is -2.14. The number of carbonyl (C=O) groups is 1. The van der Waals surface area contributed by atoms with Crippen molar-refractivity contribution in [2.45, 2.75) is 26.2 Å². The van der Waals surface area contributed by atoms with Crippen molar-refractivity contribution in [2.24, 2.45) is 5.92 Å².